The van der Waals surface area contributed by atoms with Crippen molar-refractivity contribution in [3.05, 3.63) is 90.0 Å². The summed E-state index contributed by atoms with van der Waals surface area (Å²) in [6.45, 7) is 12.2. The van der Waals surface area contributed by atoms with Gasteiger partial charge in [-0.3, -0.25) is 4.90 Å². The van der Waals surface area contributed by atoms with E-state index < -0.39 is 0 Å². The molecule has 3 aromatic rings. The Morgan fingerprint density at radius 3 is 2.12 bits per heavy atom. The normalized spacial score (nSPS) is 24.9. The number of fused-ring (bicyclic) bond motifs is 1. The number of anilines is 1. The predicted octanol–water partition coefficient (Wildman–Crippen LogP) is 7.95. The van der Waals surface area contributed by atoms with Crippen molar-refractivity contribution in [2.45, 2.75) is 67.2 Å². The van der Waals surface area contributed by atoms with E-state index in [2.05, 4.69) is 100 Å². The summed E-state index contributed by atoms with van der Waals surface area (Å²) >= 11 is 1.85. The zero-order valence-electron chi connectivity index (χ0n) is 24.9. The molecule has 3 fully saturated rings. The fourth-order valence-electron chi connectivity index (χ4n) is 8.80. The van der Waals surface area contributed by atoms with Crippen LogP contribution in [0.4, 0.5) is 5.69 Å². The van der Waals surface area contributed by atoms with Crippen LogP contribution in [0.3, 0.4) is 0 Å². The molecule has 0 aromatic heterocycles. The summed E-state index contributed by atoms with van der Waals surface area (Å²) in [5.41, 5.74) is 5.10. The molecule has 0 bridgehead atoms. The lowest BCUT2D eigenvalue weighted by Gasteiger charge is -2.54. The Labute approximate surface area is 252 Å². The van der Waals surface area contributed by atoms with Gasteiger partial charge in [0.05, 0.1) is 0 Å². The number of hydrogen-bond donors (Lipinski definition) is 0. The summed E-state index contributed by atoms with van der Waals surface area (Å²) in [6, 6.07) is 29.5. The summed E-state index contributed by atoms with van der Waals surface area (Å²) in [7, 11) is 0. The zero-order valence-corrected chi connectivity index (χ0v) is 25.7. The lowest BCUT2D eigenvalue weighted by Crippen LogP contribution is -2.57. The number of piperidine rings is 1. The number of hydrogen-bond acceptors (Lipinski definition) is 4. The Balaban J connectivity index is 0.957. The second-order valence-electron chi connectivity index (χ2n) is 13.2. The van der Waals surface area contributed by atoms with Crippen LogP contribution in [0.5, 0.6) is 0 Å². The predicted molar refractivity (Wildman–Crippen MR) is 173 cm³/mol. The van der Waals surface area contributed by atoms with Gasteiger partial charge in [0.25, 0.3) is 0 Å². The molecular formula is C37H47N3S. The highest BCUT2D eigenvalue weighted by atomic mass is 32.2. The van der Waals surface area contributed by atoms with E-state index in [0.29, 0.717) is 5.41 Å². The number of nitrogens with zero attached hydrogens (tertiary/aromatic N) is 3. The highest BCUT2D eigenvalue weighted by Crippen LogP contribution is 2.53. The first-order chi connectivity index (χ1) is 20.2. The van der Waals surface area contributed by atoms with Crippen LogP contribution in [0.1, 0.15) is 56.6 Å². The van der Waals surface area contributed by atoms with Gasteiger partial charge in [0.2, 0.25) is 0 Å². The standard InChI is InChI=1S/C37H47N3S/c1-2-38-27-30-10-6-9-15-36(30)37(28-38,31-11-7-8-12-31)32-20-22-39(23-21-32)24-29-25-40(26-29)33-16-18-35(19-17-33)41-34-13-4-3-5-14-34/h3-6,9-10,13-19,29,31-32H,2,7-8,11-12,20-28H2,1H3. The topological polar surface area (TPSA) is 9.72 Å². The van der Waals surface area contributed by atoms with Gasteiger partial charge in [-0.2, -0.15) is 0 Å². The summed E-state index contributed by atoms with van der Waals surface area (Å²) in [5, 5.41) is 0. The van der Waals surface area contributed by atoms with Crippen LogP contribution in [0.2, 0.25) is 0 Å². The van der Waals surface area contributed by atoms with Crippen molar-refractivity contribution >= 4 is 17.4 Å². The van der Waals surface area contributed by atoms with Gasteiger partial charge in [0.1, 0.15) is 0 Å². The molecule has 3 nitrogen and oxygen atoms in total. The molecule has 7 rings (SSSR count). The Hall–Kier alpha value is -2.27. The molecule has 1 aliphatic carbocycles. The average molecular weight is 566 g/mol. The number of likely N-dealkylation sites (tertiary alicyclic amines) is 1. The molecule has 0 amide bonds. The quantitative estimate of drug-likeness (QED) is 0.274. The molecular weight excluding hydrogens is 518 g/mol. The maximum atomic E-state index is 2.81. The first-order valence-corrected chi connectivity index (χ1v) is 17.1. The SMILES string of the molecule is CCN1Cc2ccccc2C(C2CCCC2)(C2CCN(CC3CN(c4ccc(Sc5ccccc5)cc4)C3)CC2)C1. The Bertz CT molecular complexity index is 1270. The summed E-state index contributed by atoms with van der Waals surface area (Å²) in [4.78, 5) is 10.8. The average Bonchev–Trinajstić information content (AvgIpc) is 3.55. The summed E-state index contributed by atoms with van der Waals surface area (Å²) in [5.74, 6) is 2.49. The number of rotatable bonds is 8. The van der Waals surface area contributed by atoms with Crippen molar-refractivity contribution in [3.8, 4) is 0 Å². The van der Waals surface area contributed by atoms with Crippen LogP contribution < -0.4 is 4.90 Å². The van der Waals surface area contributed by atoms with Crippen LogP contribution >= 0.6 is 11.8 Å². The summed E-state index contributed by atoms with van der Waals surface area (Å²) in [6.07, 6.45) is 8.50. The molecule has 1 atom stereocenters. The van der Waals surface area contributed by atoms with Crippen LogP contribution in [0.25, 0.3) is 0 Å². The Morgan fingerprint density at radius 2 is 1.39 bits per heavy atom. The molecule has 4 heteroatoms. The van der Waals surface area contributed by atoms with Crippen molar-refractivity contribution in [2.75, 3.05) is 50.7 Å². The molecule has 3 aliphatic heterocycles. The van der Waals surface area contributed by atoms with Crippen molar-refractivity contribution < 1.29 is 0 Å². The van der Waals surface area contributed by atoms with Crippen molar-refractivity contribution in [2.24, 2.45) is 17.8 Å². The minimum absolute atomic E-state index is 0.367. The van der Waals surface area contributed by atoms with Gasteiger partial charge in [-0.1, -0.05) is 74.0 Å². The maximum absolute atomic E-state index is 2.81. The van der Waals surface area contributed by atoms with E-state index in [9.17, 15) is 0 Å². The van der Waals surface area contributed by atoms with E-state index in [0.717, 1.165) is 24.3 Å². The lowest BCUT2D eigenvalue weighted by atomic mass is 9.57. The first-order valence-electron chi connectivity index (χ1n) is 16.3. The molecule has 0 N–H and O–H groups in total. The Morgan fingerprint density at radius 1 is 0.732 bits per heavy atom. The van der Waals surface area contributed by atoms with Gasteiger partial charge in [-0.05, 0) is 105 Å². The van der Waals surface area contributed by atoms with E-state index in [4.69, 9.17) is 0 Å². The largest absolute Gasteiger partial charge is 0.371 e. The van der Waals surface area contributed by atoms with E-state index in [1.54, 1.807) is 11.1 Å². The molecule has 4 aliphatic rings. The molecule has 3 aromatic carbocycles. The molecule has 1 unspecified atom stereocenters. The van der Waals surface area contributed by atoms with Gasteiger partial charge in [0.15, 0.2) is 0 Å². The van der Waals surface area contributed by atoms with Crippen molar-refractivity contribution in [1.29, 1.82) is 0 Å². The van der Waals surface area contributed by atoms with Gasteiger partial charge in [-0.15, -0.1) is 0 Å². The molecule has 1 saturated carbocycles. The number of likely N-dealkylation sites (N-methyl/N-ethyl adjacent to an activating group) is 1. The third-order valence-corrected chi connectivity index (χ3v) is 11.9. The highest BCUT2D eigenvalue weighted by Gasteiger charge is 2.51. The van der Waals surface area contributed by atoms with Gasteiger partial charge < -0.3 is 9.80 Å². The van der Waals surface area contributed by atoms with E-state index >= 15 is 0 Å². The minimum atomic E-state index is 0.367. The maximum Gasteiger partial charge on any atom is 0.0367 e. The van der Waals surface area contributed by atoms with Crippen LogP contribution in [0.15, 0.2) is 88.7 Å². The second-order valence-corrected chi connectivity index (χ2v) is 14.4. The van der Waals surface area contributed by atoms with E-state index in [1.807, 2.05) is 11.8 Å². The molecule has 216 valence electrons. The second kappa shape index (κ2) is 12.1. The molecule has 3 heterocycles. The molecule has 2 saturated heterocycles. The van der Waals surface area contributed by atoms with Crippen molar-refractivity contribution in [1.82, 2.24) is 9.80 Å². The smallest absolute Gasteiger partial charge is 0.0367 e. The number of benzene rings is 3. The molecule has 0 radical (unpaired) electrons. The van der Waals surface area contributed by atoms with E-state index in [1.165, 1.54) is 99.8 Å². The van der Waals surface area contributed by atoms with Crippen LogP contribution in [0, 0.1) is 17.8 Å². The zero-order chi connectivity index (χ0) is 27.6. The first kappa shape index (κ1) is 27.6. The van der Waals surface area contributed by atoms with Crippen molar-refractivity contribution in [3.63, 3.8) is 0 Å². The fraction of sp³-hybridized carbons (Fsp3) is 0.514. The van der Waals surface area contributed by atoms with Gasteiger partial charge in [0, 0.05) is 59.5 Å². The minimum Gasteiger partial charge on any atom is -0.371 e. The van der Waals surface area contributed by atoms with E-state index in [-0.39, 0.29) is 0 Å². The molecule has 41 heavy (non-hydrogen) atoms. The fourth-order valence-corrected chi connectivity index (χ4v) is 9.64. The van der Waals surface area contributed by atoms with Gasteiger partial charge in [-0.25, -0.2) is 0 Å². The molecule has 0 spiro atoms. The Kier molecular flexibility index (Phi) is 8.17. The monoisotopic (exact) mass is 565 g/mol. The highest BCUT2D eigenvalue weighted by molar-refractivity contribution is 7.99. The third-order valence-electron chi connectivity index (χ3n) is 10.9. The van der Waals surface area contributed by atoms with Crippen LogP contribution in [-0.2, 0) is 12.0 Å². The summed E-state index contributed by atoms with van der Waals surface area (Å²) < 4.78 is 0. The lowest BCUT2D eigenvalue weighted by molar-refractivity contribution is 0.0359. The van der Waals surface area contributed by atoms with Crippen LogP contribution in [-0.4, -0.2) is 55.6 Å². The van der Waals surface area contributed by atoms with Gasteiger partial charge >= 0.3 is 0 Å². The third kappa shape index (κ3) is 5.60.